The van der Waals surface area contributed by atoms with Gasteiger partial charge in [0, 0.05) is 30.6 Å². The highest BCUT2D eigenvalue weighted by Crippen LogP contribution is 2.40. The van der Waals surface area contributed by atoms with Crippen LogP contribution in [0.1, 0.15) is 35.4 Å². The molecule has 0 radical (unpaired) electrons. The summed E-state index contributed by atoms with van der Waals surface area (Å²) in [6, 6.07) is 4.77. The molecule has 2 aliphatic rings. The Morgan fingerprint density at radius 1 is 1.41 bits per heavy atom. The van der Waals surface area contributed by atoms with Crippen molar-refractivity contribution in [2.75, 3.05) is 11.9 Å². The summed E-state index contributed by atoms with van der Waals surface area (Å²) in [6.07, 6.45) is -1.09. The lowest BCUT2D eigenvalue weighted by Crippen LogP contribution is -2.39. The van der Waals surface area contributed by atoms with Crippen LogP contribution in [0.2, 0.25) is 0 Å². The number of nitrogens with one attached hydrogen (secondary N) is 1. The maximum Gasteiger partial charge on any atom is 0.322 e. The van der Waals surface area contributed by atoms with E-state index < -0.39 is 30.3 Å². The van der Waals surface area contributed by atoms with Gasteiger partial charge in [0.25, 0.3) is 5.92 Å². The Morgan fingerprint density at radius 2 is 2.21 bits per heavy atom. The molecule has 2 amide bonds. The second kappa shape index (κ2) is 7.08. The number of rotatable bonds is 1. The quantitative estimate of drug-likeness (QED) is 0.763. The number of amides is 2. The van der Waals surface area contributed by atoms with Crippen molar-refractivity contribution in [2.45, 2.75) is 44.4 Å². The third kappa shape index (κ3) is 3.53. The number of carbonyl (C=O) groups is 1. The fourth-order valence-corrected chi connectivity index (χ4v) is 3.79. The van der Waals surface area contributed by atoms with Crippen LogP contribution in [0.25, 0.3) is 0 Å². The summed E-state index contributed by atoms with van der Waals surface area (Å²) in [5.41, 5.74) is 0.605. The summed E-state index contributed by atoms with van der Waals surface area (Å²) >= 11 is 0. The van der Waals surface area contributed by atoms with Gasteiger partial charge in [-0.1, -0.05) is 0 Å². The van der Waals surface area contributed by atoms with Gasteiger partial charge < -0.3 is 15.3 Å². The Labute approximate surface area is 164 Å². The van der Waals surface area contributed by atoms with E-state index in [4.69, 9.17) is 5.26 Å². The molecule has 0 saturated heterocycles. The summed E-state index contributed by atoms with van der Waals surface area (Å²) in [7, 11) is 0. The lowest BCUT2D eigenvalue weighted by molar-refractivity contribution is -0.0248. The van der Waals surface area contributed by atoms with E-state index in [0.29, 0.717) is 17.7 Å². The molecular weight excluding hydrogens is 387 g/mol. The molecule has 3 heterocycles. The predicted molar refractivity (Wildman–Crippen MR) is 95.6 cm³/mol. The first kappa shape index (κ1) is 19.3. The zero-order chi connectivity index (χ0) is 20.8. The largest absolute Gasteiger partial charge is 0.391 e. The van der Waals surface area contributed by atoms with E-state index in [1.165, 1.54) is 21.7 Å². The highest BCUT2D eigenvalue weighted by atomic mass is 19.3. The number of aromatic nitrogens is 2. The second-order valence-corrected chi connectivity index (χ2v) is 7.26. The number of nitriles is 1. The minimum Gasteiger partial charge on any atom is -0.391 e. The number of hydrogen-bond donors (Lipinski definition) is 2. The summed E-state index contributed by atoms with van der Waals surface area (Å²) in [5.74, 6) is -3.84. The maximum atomic E-state index is 14.7. The van der Waals surface area contributed by atoms with E-state index >= 15 is 0 Å². The zero-order valence-corrected chi connectivity index (χ0v) is 15.3. The fourth-order valence-electron chi connectivity index (χ4n) is 3.79. The van der Waals surface area contributed by atoms with Crippen LogP contribution in [0, 0.1) is 17.1 Å². The topological polar surface area (TPSA) is 94.2 Å². The van der Waals surface area contributed by atoms with Gasteiger partial charge in [0.1, 0.15) is 17.6 Å². The number of carbonyl (C=O) groups excluding carboxylic acids is 1. The summed E-state index contributed by atoms with van der Waals surface area (Å²) < 4.78 is 44.0. The Balaban J connectivity index is 1.57. The van der Waals surface area contributed by atoms with Gasteiger partial charge in [-0.15, -0.1) is 0 Å². The van der Waals surface area contributed by atoms with E-state index in [0.717, 1.165) is 6.07 Å². The Hall–Kier alpha value is -3.06. The van der Waals surface area contributed by atoms with Gasteiger partial charge in [-0.3, -0.25) is 4.68 Å². The standard InChI is InChI=1S/C19H18F3N5O2/c20-15-2-1-12(7-11(15)8-23)24-18(29)26-6-4-16-14(10-26)17-19(21,22)5-3-13(28)9-27(17)25-16/h1-2,7,13,28H,3-6,9-10H2,(H,24,29)/t13-/m1/s1. The highest BCUT2D eigenvalue weighted by molar-refractivity contribution is 5.89. The van der Waals surface area contributed by atoms with E-state index in [-0.39, 0.29) is 43.0 Å². The SMILES string of the molecule is N#Cc1cc(NC(=O)N2CCc3nn4c(c3C2)C(F)(F)CC[C@@H](O)C4)ccc1F. The second-order valence-electron chi connectivity index (χ2n) is 7.26. The molecular formula is C19H18F3N5O2. The number of nitrogens with zero attached hydrogens (tertiary/aromatic N) is 4. The summed E-state index contributed by atoms with van der Waals surface area (Å²) in [6.45, 7) is 0.223. The first-order chi connectivity index (χ1) is 13.8. The first-order valence-electron chi connectivity index (χ1n) is 9.19. The van der Waals surface area contributed by atoms with Gasteiger partial charge in [-0.2, -0.15) is 19.1 Å². The zero-order valence-electron chi connectivity index (χ0n) is 15.3. The molecule has 0 saturated carbocycles. The molecule has 2 N–H and O–H groups in total. The fraction of sp³-hybridized carbons (Fsp3) is 0.421. The minimum atomic E-state index is -3.14. The van der Waals surface area contributed by atoms with E-state index in [1.807, 2.05) is 0 Å². The van der Waals surface area contributed by atoms with Crippen LogP contribution in [0.3, 0.4) is 0 Å². The smallest absolute Gasteiger partial charge is 0.322 e. The number of aliphatic hydroxyl groups excluding tert-OH is 1. The van der Waals surface area contributed by atoms with Crippen molar-refractivity contribution in [2.24, 2.45) is 0 Å². The predicted octanol–water partition coefficient (Wildman–Crippen LogP) is 2.73. The van der Waals surface area contributed by atoms with Crippen molar-refractivity contribution < 1.29 is 23.1 Å². The van der Waals surface area contributed by atoms with Crippen LogP contribution in [-0.4, -0.2) is 38.5 Å². The molecule has 152 valence electrons. The van der Waals surface area contributed by atoms with Crippen molar-refractivity contribution in [3.05, 3.63) is 46.5 Å². The van der Waals surface area contributed by atoms with Gasteiger partial charge >= 0.3 is 6.03 Å². The molecule has 2 aliphatic heterocycles. The Bertz CT molecular complexity index is 1010. The summed E-state index contributed by atoms with van der Waals surface area (Å²) in [4.78, 5) is 14.0. The molecule has 0 bridgehead atoms. The van der Waals surface area contributed by atoms with Gasteiger partial charge in [0.2, 0.25) is 0 Å². The molecule has 29 heavy (non-hydrogen) atoms. The number of benzene rings is 1. The number of aliphatic hydroxyl groups is 1. The molecule has 2 aromatic rings. The average molecular weight is 405 g/mol. The van der Waals surface area contributed by atoms with Gasteiger partial charge in [-0.25, -0.2) is 9.18 Å². The van der Waals surface area contributed by atoms with Gasteiger partial charge in [0.15, 0.2) is 0 Å². The number of urea groups is 1. The van der Waals surface area contributed by atoms with Crippen molar-refractivity contribution in [3.8, 4) is 6.07 Å². The molecule has 4 rings (SSSR count). The Morgan fingerprint density at radius 3 is 2.97 bits per heavy atom. The molecule has 1 atom stereocenters. The minimum absolute atomic E-state index is 0.00334. The third-order valence-electron chi connectivity index (χ3n) is 5.25. The van der Waals surface area contributed by atoms with Crippen LogP contribution < -0.4 is 5.32 Å². The van der Waals surface area contributed by atoms with E-state index in [9.17, 15) is 23.1 Å². The van der Waals surface area contributed by atoms with Crippen LogP contribution in [0.4, 0.5) is 23.7 Å². The number of hydrogen-bond acceptors (Lipinski definition) is 4. The van der Waals surface area contributed by atoms with Crippen molar-refractivity contribution in [1.82, 2.24) is 14.7 Å². The molecule has 10 heteroatoms. The first-order valence-corrected chi connectivity index (χ1v) is 9.19. The number of alkyl halides is 2. The van der Waals surface area contributed by atoms with Crippen LogP contribution >= 0.6 is 0 Å². The lowest BCUT2D eigenvalue weighted by atomic mass is 10.00. The molecule has 1 aromatic heterocycles. The number of anilines is 1. The van der Waals surface area contributed by atoms with E-state index in [1.54, 1.807) is 6.07 Å². The highest BCUT2D eigenvalue weighted by Gasteiger charge is 2.43. The van der Waals surface area contributed by atoms with Gasteiger partial charge in [-0.05, 0) is 24.6 Å². The maximum absolute atomic E-state index is 14.7. The van der Waals surface area contributed by atoms with E-state index in [2.05, 4.69) is 10.4 Å². The van der Waals surface area contributed by atoms with Crippen LogP contribution in [0.5, 0.6) is 0 Å². The average Bonchev–Trinajstić information content (AvgIpc) is 3.00. The lowest BCUT2D eigenvalue weighted by Gasteiger charge is -2.28. The molecule has 0 unspecified atom stereocenters. The van der Waals surface area contributed by atoms with Crippen molar-refractivity contribution >= 4 is 11.7 Å². The molecule has 7 nitrogen and oxygen atoms in total. The molecule has 0 fully saturated rings. The monoisotopic (exact) mass is 405 g/mol. The number of fused-ring (bicyclic) bond motifs is 3. The van der Waals surface area contributed by atoms with Crippen LogP contribution in [0.15, 0.2) is 18.2 Å². The molecule has 1 aromatic carbocycles. The number of halogens is 3. The molecule has 0 aliphatic carbocycles. The van der Waals surface area contributed by atoms with Crippen molar-refractivity contribution in [3.63, 3.8) is 0 Å². The normalized spacial score (nSPS) is 20.2. The third-order valence-corrected chi connectivity index (χ3v) is 5.25. The van der Waals surface area contributed by atoms with Crippen molar-refractivity contribution in [1.29, 1.82) is 5.26 Å². The summed E-state index contributed by atoms with van der Waals surface area (Å²) in [5, 5.41) is 25.6. The van der Waals surface area contributed by atoms with Crippen LogP contribution in [-0.2, 0) is 25.4 Å². The van der Waals surface area contributed by atoms with Gasteiger partial charge in [0.05, 0.1) is 30.5 Å². The Kier molecular flexibility index (Phi) is 4.70. The molecule has 0 spiro atoms.